The molecule has 0 unspecified atom stereocenters. The summed E-state index contributed by atoms with van der Waals surface area (Å²) in [5.74, 6) is 0.283. The van der Waals surface area contributed by atoms with Gasteiger partial charge in [0, 0.05) is 11.5 Å². The average molecular weight is 301 g/mol. The summed E-state index contributed by atoms with van der Waals surface area (Å²) in [4.78, 5) is 12.4. The fraction of sp³-hybridized carbons (Fsp3) is 0.412. The van der Waals surface area contributed by atoms with Crippen LogP contribution in [0.15, 0.2) is 30.5 Å². The quantitative estimate of drug-likeness (QED) is 0.901. The Hall–Kier alpha value is -2.17. The molecule has 1 amide bonds. The number of hydrogen-bond donors (Lipinski definition) is 2. The van der Waals surface area contributed by atoms with Gasteiger partial charge in [0.15, 0.2) is 0 Å². The lowest BCUT2D eigenvalue weighted by Crippen LogP contribution is -2.27. The lowest BCUT2D eigenvalue weighted by molar-refractivity contribution is -0.121. The molecule has 3 rings (SSSR count). The third-order valence-corrected chi connectivity index (χ3v) is 4.35. The summed E-state index contributed by atoms with van der Waals surface area (Å²) in [6.45, 7) is 2.18. The molecular weight excluding hydrogens is 281 g/mol. The van der Waals surface area contributed by atoms with Crippen molar-refractivity contribution in [3.8, 4) is 11.3 Å². The molecule has 2 aromatic rings. The van der Waals surface area contributed by atoms with E-state index in [-0.39, 0.29) is 17.6 Å². The van der Waals surface area contributed by atoms with E-state index in [2.05, 4.69) is 22.4 Å². The van der Waals surface area contributed by atoms with Crippen molar-refractivity contribution >= 4 is 11.6 Å². The van der Waals surface area contributed by atoms with E-state index in [0.29, 0.717) is 22.9 Å². The number of hydrogen-bond acceptors (Lipinski definition) is 2. The molecule has 1 aliphatic rings. The summed E-state index contributed by atoms with van der Waals surface area (Å²) >= 11 is 0. The van der Waals surface area contributed by atoms with Gasteiger partial charge in [-0.25, -0.2) is 4.39 Å². The first-order chi connectivity index (χ1) is 10.6. The van der Waals surface area contributed by atoms with E-state index in [1.54, 1.807) is 18.2 Å². The van der Waals surface area contributed by atoms with Gasteiger partial charge >= 0.3 is 0 Å². The molecule has 0 radical (unpaired) electrons. The van der Waals surface area contributed by atoms with Crippen molar-refractivity contribution in [1.82, 2.24) is 10.2 Å². The predicted octanol–water partition coefficient (Wildman–Crippen LogP) is 3.98. The first-order valence-electron chi connectivity index (χ1n) is 7.74. The molecule has 1 aromatic heterocycles. The maximum Gasteiger partial charge on any atom is 0.227 e. The van der Waals surface area contributed by atoms with Crippen LogP contribution in [-0.2, 0) is 4.79 Å². The number of anilines is 1. The van der Waals surface area contributed by atoms with Crippen LogP contribution in [0.2, 0.25) is 0 Å². The minimum atomic E-state index is -0.339. The molecule has 0 saturated heterocycles. The van der Waals surface area contributed by atoms with Crippen LogP contribution in [0.4, 0.5) is 10.1 Å². The van der Waals surface area contributed by atoms with Crippen molar-refractivity contribution in [2.75, 3.05) is 5.32 Å². The molecule has 1 saturated carbocycles. The van der Waals surface area contributed by atoms with E-state index in [1.807, 2.05) is 0 Å². The van der Waals surface area contributed by atoms with Crippen LogP contribution >= 0.6 is 0 Å². The number of aromatic nitrogens is 2. The number of carbonyl (C=O) groups is 1. The second-order valence-corrected chi connectivity index (χ2v) is 6.10. The monoisotopic (exact) mass is 301 g/mol. The molecule has 1 heterocycles. The smallest absolute Gasteiger partial charge is 0.227 e. The highest BCUT2D eigenvalue weighted by Crippen LogP contribution is 2.31. The third-order valence-electron chi connectivity index (χ3n) is 4.35. The van der Waals surface area contributed by atoms with Crippen molar-refractivity contribution < 1.29 is 9.18 Å². The summed E-state index contributed by atoms with van der Waals surface area (Å²) < 4.78 is 13.9. The highest BCUT2D eigenvalue weighted by atomic mass is 19.1. The van der Waals surface area contributed by atoms with Gasteiger partial charge < -0.3 is 5.32 Å². The van der Waals surface area contributed by atoms with Gasteiger partial charge in [-0.15, -0.1) is 0 Å². The SMILES string of the molecule is C[C@H]1CCC[C@H](C(=O)Nc2cn[nH]c2-c2ccccc2F)C1. The number of nitrogens with one attached hydrogen (secondary N) is 2. The van der Waals surface area contributed by atoms with Crippen molar-refractivity contribution in [1.29, 1.82) is 0 Å². The first-order valence-corrected chi connectivity index (χ1v) is 7.74. The number of H-pyrrole nitrogens is 1. The Morgan fingerprint density at radius 2 is 2.18 bits per heavy atom. The summed E-state index contributed by atoms with van der Waals surface area (Å²) in [7, 11) is 0. The number of halogens is 1. The number of rotatable bonds is 3. The van der Waals surface area contributed by atoms with E-state index in [4.69, 9.17) is 0 Å². The van der Waals surface area contributed by atoms with Gasteiger partial charge in [0.1, 0.15) is 5.82 Å². The summed E-state index contributed by atoms with van der Waals surface area (Å²) in [5.41, 5.74) is 1.45. The molecule has 4 nitrogen and oxygen atoms in total. The van der Waals surface area contributed by atoms with Crippen LogP contribution in [0.5, 0.6) is 0 Å². The van der Waals surface area contributed by atoms with Crippen LogP contribution in [0.1, 0.15) is 32.6 Å². The Balaban J connectivity index is 1.78. The second-order valence-electron chi connectivity index (χ2n) is 6.10. The van der Waals surface area contributed by atoms with Crippen LogP contribution in [0.25, 0.3) is 11.3 Å². The zero-order chi connectivity index (χ0) is 15.5. The van der Waals surface area contributed by atoms with E-state index >= 15 is 0 Å². The molecule has 1 aromatic carbocycles. The molecule has 2 N–H and O–H groups in total. The summed E-state index contributed by atoms with van der Waals surface area (Å²) in [5, 5.41) is 9.63. The normalized spacial score (nSPS) is 21.5. The standard InChI is InChI=1S/C17H20FN3O/c1-11-5-4-6-12(9-11)17(22)20-15-10-19-21-16(15)13-7-2-3-8-14(13)18/h2-3,7-8,10-12H,4-6,9H2,1H3,(H,19,21)(H,20,22)/t11-,12-/m0/s1. The van der Waals surface area contributed by atoms with E-state index in [9.17, 15) is 9.18 Å². The van der Waals surface area contributed by atoms with Crippen molar-refractivity contribution in [3.05, 3.63) is 36.3 Å². The van der Waals surface area contributed by atoms with Crippen LogP contribution in [0, 0.1) is 17.7 Å². The maximum absolute atomic E-state index is 13.9. The predicted molar refractivity (Wildman–Crippen MR) is 83.7 cm³/mol. The zero-order valence-corrected chi connectivity index (χ0v) is 12.6. The Bertz CT molecular complexity index is 667. The van der Waals surface area contributed by atoms with Gasteiger partial charge in [-0.1, -0.05) is 31.9 Å². The summed E-state index contributed by atoms with van der Waals surface area (Å²) in [6.07, 6.45) is 5.65. The Morgan fingerprint density at radius 3 is 2.95 bits per heavy atom. The number of amides is 1. The van der Waals surface area contributed by atoms with Crippen LogP contribution in [0.3, 0.4) is 0 Å². The Kier molecular flexibility index (Phi) is 4.22. The molecule has 0 bridgehead atoms. The molecular formula is C17H20FN3O. The minimum absolute atomic E-state index is 0.00513. The fourth-order valence-corrected chi connectivity index (χ4v) is 3.16. The molecule has 2 atom stereocenters. The van der Waals surface area contributed by atoms with Gasteiger partial charge in [0.05, 0.1) is 17.6 Å². The van der Waals surface area contributed by atoms with Gasteiger partial charge in [0.2, 0.25) is 5.91 Å². The zero-order valence-electron chi connectivity index (χ0n) is 12.6. The topological polar surface area (TPSA) is 57.8 Å². The second kappa shape index (κ2) is 6.30. The van der Waals surface area contributed by atoms with Crippen molar-refractivity contribution in [2.45, 2.75) is 32.6 Å². The summed E-state index contributed by atoms with van der Waals surface area (Å²) in [6, 6.07) is 6.45. The van der Waals surface area contributed by atoms with E-state index in [0.717, 1.165) is 19.3 Å². The maximum atomic E-state index is 13.9. The lowest BCUT2D eigenvalue weighted by Gasteiger charge is -2.25. The minimum Gasteiger partial charge on any atom is -0.323 e. The Morgan fingerprint density at radius 1 is 1.36 bits per heavy atom. The van der Waals surface area contributed by atoms with E-state index in [1.165, 1.54) is 18.7 Å². The highest BCUT2D eigenvalue weighted by Gasteiger charge is 2.26. The number of aromatic amines is 1. The Labute approximate surface area is 129 Å². The van der Waals surface area contributed by atoms with Crippen LogP contribution in [-0.4, -0.2) is 16.1 Å². The molecule has 1 fully saturated rings. The number of nitrogens with zero attached hydrogens (tertiary/aromatic N) is 1. The van der Waals surface area contributed by atoms with Gasteiger partial charge in [0.25, 0.3) is 0 Å². The fourth-order valence-electron chi connectivity index (χ4n) is 3.16. The van der Waals surface area contributed by atoms with Crippen molar-refractivity contribution in [2.24, 2.45) is 11.8 Å². The van der Waals surface area contributed by atoms with Crippen molar-refractivity contribution in [3.63, 3.8) is 0 Å². The molecule has 22 heavy (non-hydrogen) atoms. The molecule has 5 heteroatoms. The molecule has 0 spiro atoms. The first kappa shape index (κ1) is 14.8. The van der Waals surface area contributed by atoms with Gasteiger partial charge in [-0.2, -0.15) is 5.10 Å². The van der Waals surface area contributed by atoms with Gasteiger partial charge in [-0.3, -0.25) is 9.89 Å². The third kappa shape index (κ3) is 3.03. The molecule has 1 aliphatic carbocycles. The van der Waals surface area contributed by atoms with Crippen LogP contribution < -0.4 is 5.32 Å². The highest BCUT2D eigenvalue weighted by molar-refractivity contribution is 5.95. The average Bonchev–Trinajstić information content (AvgIpc) is 2.95. The largest absolute Gasteiger partial charge is 0.323 e. The number of carbonyl (C=O) groups excluding carboxylic acids is 1. The van der Waals surface area contributed by atoms with E-state index < -0.39 is 0 Å². The number of benzene rings is 1. The molecule has 0 aliphatic heterocycles. The lowest BCUT2D eigenvalue weighted by atomic mass is 9.82. The van der Waals surface area contributed by atoms with Gasteiger partial charge in [-0.05, 0) is 30.9 Å². The molecule has 116 valence electrons.